The summed E-state index contributed by atoms with van der Waals surface area (Å²) in [5.41, 5.74) is 6.06. The maximum absolute atomic E-state index is 6.06. The summed E-state index contributed by atoms with van der Waals surface area (Å²) in [6.07, 6.45) is 1.82. The van der Waals surface area contributed by atoms with Crippen molar-refractivity contribution in [2.24, 2.45) is 11.7 Å². The van der Waals surface area contributed by atoms with Gasteiger partial charge in [0.2, 0.25) is 5.89 Å². The summed E-state index contributed by atoms with van der Waals surface area (Å²) in [6.45, 7) is 7.33. The first-order valence-corrected chi connectivity index (χ1v) is 7.44. The monoisotopic (exact) mass is 281 g/mol. The first-order chi connectivity index (χ1) is 9.47. The first-order valence-electron chi connectivity index (χ1n) is 7.44. The Morgan fingerprint density at radius 1 is 1.35 bits per heavy atom. The SMILES string of the molecule is CC(C)C(N)Cc1nc(C2CN(C)CCCN2C)no1. The second-order valence-corrected chi connectivity index (χ2v) is 6.27. The van der Waals surface area contributed by atoms with Crippen LogP contribution in [0.2, 0.25) is 0 Å². The van der Waals surface area contributed by atoms with Crippen LogP contribution in [0.25, 0.3) is 0 Å². The minimum absolute atomic E-state index is 0.0674. The van der Waals surface area contributed by atoms with E-state index < -0.39 is 0 Å². The molecule has 20 heavy (non-hydrogen) atoms. The number of hydrogen-bond donors (Lipinski definition) is 1. The van der Waals surface area contributed by atoms with Gasteiger partial charge in [0.25, 0.3) is 0 Å². The van der Waals surface area contributed by atoms with Crippen LogP contribution in [0, 0.1) is 5.92 Å². The Balaban J connectivity index is 2.06. The molecule has 6 nitrogen and oxygen atoms in total. The lowest BCUT2D eigenvalue weighted by Gasteiger charge is -2.24. The standard InChI is InChI=1S/C14H27N5O/c1-10(2)11(15)8-13-16-14(17-20-13)12-9-18(3)6-5-7-19(12)4/h10-12H,5-9,15H2,1-4H3. The van der Waals surface area contributed by atoms with Gasteiger partial charge in [-0.25, -0.2) is 0 Å². The van der Waals surface area contributed by atoms with Crippen molar-refractivity contribution in [2.45, 2.75) is 38.8 Å². The van der Waals surface area contributed by atoms with E-state index in [-0.39, 0.29) is 12.1 Å². The lowest BCUT2D eigenvalue weighted by molar-refractivity contribution is 0.214. The molecule has 2 atom stereocenters. The van der Waals surface area contributed by atoms with E-state index in [1.165, 1.54) is 6.42 Å². The summed E-state index contributed by atoms with van der Waals surface area (Å²) in [7, 11) is 4.27. The predicted octanol–water partition coefficient (Wildman–Crippen LogP) is 0.904. The van der Waals surface area contributed by atoms with Gasteiger partial charge in [0.1, 0.15) is 0 Å². The van der Waals surface area contributed by atoms with E-state index in [1.54, 1.807) is 0 Å². The molecule has 2 N–H and O–H groups in total. The molecule has 114 valence electrons. The predicted molar refractivity (Wildman–Crippen MR) is 78.3 cm³/mol. The minimum atomic E-state index is 0.0674. The van der Waals surface area contributed by atoms with Crippen LogP contribution in [0.3, 0.4) is 0 Å². The van der Waals surface area contributed by atoms with Crippen molar-refractivity contribution in [3.8, 4) is 0 Å². The van der Waals surface area contributed by atoms with Gasteiger partial charge >= 0.3 is 0 Å². The van der Waals surface area contributed by atoms with Crippen molar-refractivity contribution < 1.29 is 4.52 Å². The molecule has 1 aromatic rings. The zero-order valence-electron chi connectivity index (χ0n) is 13.0. The van der Waals surface area contributed by atoms with Gasteiger partial charge in [-0.15, -0.1) is 0 Å². The summed E-state index contributed by atoms with van der Waals surface area (Å²) in [6, 6.07) is 0.271. The molecule has 1 saturated heterocycles. The van der Waals surface area contributed by atoms with Crippen LogP contribution >= 0.6 is 0 Å². The summed E-state index contributed by atoms with van der Waals surface area (Å²) >= 11 is 0. The minimum Gasteiger partial charge on any atom is -0.339 e. The normalized spacial score (nSPS) is 24.0. The van der Waals surface area contributed by atoms with Crippen LogP contribution in [-0.4, -0.2) is 59.7 Å². The van der Waals surface area contributed by atoms with Crippen molar-refractivity contribution in [2.75, 3.05) is 33.7 Å². The van der Waals surface area contributed by atoms with Crippen LogP contribution in [0.5, 0.6) is 0 Å². The van der Waals surface area contributed by atoms with Gasteiger partial charge in [-0.1, -0.05) is 19.0 Å². The Morgan fingerprint density at radius 3 is 2.80 bits per heavy atom. The molecule has 2 heterocycles. The average molecular weight is 281 g/mol. The number of nitrogens with zero attached hydrogens (tertiary/aromatic N) is 4. The number of aromatic nitrogens is 2. The van der Waals surface area contributed by atoms with Gasteiger partial charge in [-0.2, -0.15) is 4.98 Å². The second-order valence-electron chi connectivity index (χ2n) is 6.27. The maximum Gasteiger partial charge on any atom is 0.228 e. The van der Waals surface area contributed by atoms with Crippen molar-refractivity contribution in [1.29, 1.82) is 0 Å². The van der Waals surface area contributed by atoms with Crippen LogP contribution in [0.1, 0.15) is 38.0 Å². The Hall–Kier alpha value is -0.980. The largest absolute Gasteiger partial charge is 0.339 e. The van der Waals surface area contributed by atoms with Crippen LogP contribution in [0.4, 0.5) is 0 Å². The third-order valence-corrected chi connectivity index (χ3v) is 4.12. The molecule has 0 aromatic carbocycles. The van der Waals surface area contributed by atoms with Crippen molar-refractivity contribution in [3.63, 3.8) is 0 Å². The topological polar surface area (TPSA) is 71.4 Å². The van der Waals surface area contributed by atoms with E-state index in [2.05, 4.69) is 47.9 Å². The van der Waals surface area contributed by atoms with Crippen molar-refractivity contribution in [3.05, 3.63) is 11.7 Å². The Bertz CT molecular complexity index is 419. The molecule has 0 amide bonds. The van der Waals surface area contributed by atoms with Crippen LogP contribution in [-0.2, 0) is 6.42 Å². The van der Waals surface area contributed by atoms with Gasteiger partial charge in [0.15, 0.2) is 5.82 Å². The molecule has 0 radical (unpaired) electrons. The number of nitrogens with two attached hydrogens (primary N) is 1. The Morgan fingerprint density at radius 2 is 2.10 bits per heavy atom. The highest BCUT2D eigenvalue weighted by Crippen LogP contribution is 2.21. The lowest BCUT2D eigenvalue weighted by atomic mass is 10.0. The highest BCUT2D eigenvalue weighted by atomic mass is 16.5. The van der Waals surface area contributed by atoms with Crippen LogP contribution < -0.4 is 5.73 Å². The molecule has 0 bridgehead atoms. The van der Waals surface area contributed by atoms with Crippen LogP contribution in [0.15, 0.2) is 4.52 Å². The third-order valence-electron chi connectivity index (χ3n) is 4.12. The van der Waals surface area contributed by atoms with Gasteiger partial charge in [0, 0.05) is 19.0 Å². The highest BCUT2D eigenvalue weighted by molar-refractivity contribution is 4.98. The van der Waals surface area contributed by atoms with E-state index in [4.69, 9.17) is 10.3 Å². The smallest absolute Gasteiger partial charge is 0.228 e. The number of hydrogen-bond acceptors (Lipinski definition) is 6. The molecular formula is C14H27N5O. The van der Waals surface area contributed by atoms with Crippen molar-refractivity contribution >= 4 is 0 Å². The quantitative estimate of drug-likeness (QED) is 0.884. The summed E-state index contributed by atoms with van der Waals surface area (Å²) in [4.78, 5) is 9.19. The molecule has 1 fully saturated rings. The van der Waals surface area contributed by atoms with Gasteiger partial charge in [-0.3, -0.25) is 4.90 Å². The fraction of sp³-hybridized carbons (Fsp3) is 0.857. The lowest BCUT2D eigenvalue weighted by Crippen LogP contribution is -2.31. The zero-order chi connectivity index (χ0) is 14.7. The van der Waals surface area contributed by atoms with E-state index in [0.29, 0.717) is 18.2 Å². The van der Waals surface area contributed by atoms with Gasteiger partial charge in [-0.05, 0) is 39.5 Å². The number of likely N-dealkylation sites (N-methyl/N-ethyl adjacent to an activating group) is 2. The molecule has 0 spiro atoms. The second kappa shape index (κ2) is 6.65. The molecule has 2 rings (SSSR count). The summed E-state index contributed by atoms with van der Waals surface area (Å²) in [5, 5.41) is 4.17. The maximum atomic E-state index is 6.06. The number of rotatable bonds is 4. The fourth-order valence-corrected chi connectivity index (χ4v) is 2.47. The molecule has 1 aliphatic heterocycles. The summed E-state index contributed by atoms with van der Waals surface area (Å²) in [5.74, 6) is 1.85. The summed E-state index contributed by atoms with van der Waals surface area (Å²) < 4.78 is 5.38. The Kier molecular flexibility index (Phi) is 5.12. The molecular weight excluding hydrogens is 254 g/mol. The van der Waals surface area contributed by atoms with E-state index in [1.807, 2.05) is 0 Å². The third kappa shape index (κ3) is 3.77. The molecule has 6 heteroatoms. The zero-order valence-corrected chi connectivity index (χ0v) is 13.0. The molecule has 0 saturated carbocycles. The average Bonchev–Trinajstić information content (AvgIpc) is 2.76. The molecule has 2 unspecified atom stereocenters. The molecule has 0 aliphatic carbocycles. The first kappa shape index (κ1) is 15.4. The fourth-order valence-electron chi connectivity index (χ4n) is 2.47. The highest BCUT2D eigenvalue weighted by Gasteiger charge is 2.26. The van der Waals surface area contributed by atoms with Gasteiger partial charge < -0.3 is 15.2 Å². The molecule has 1 aromatic heterocycles. The van der Waals surface area contributed by atoms with Crippen molar-refractivity contribution in [1.82, 2.24) is 19.9 Å². The Labute approximate surface area is 121 Å². The van der Waals surface area contributed by atoms with E-state index in [0.717, 1.165) is 25.5 Å². The molecule has 1 aliphatic rings. The van der Waals surface area contributed by atoms with E-state index in [9.17, 15) is 0 Å². The van der Waals surface area contributed by atoms with E-state index >= 15 is 0 Å². The van der Waals surface area contributed by atoms with Gasteiger partial charge in [0.05, 0.1) is 6.04 Å².